The molecule has 0 saturated carbocycles. The van der Waals surface area contributed by atoms with Gasteiger partial charge in [0.15, 0.2) is 11.5 Å². The Bertz CT molecular complexity index is 1780. The second-order valence-electron chi connectivity index (χ2n) is 9.72. The zero-order chi connectivity index (χ0) is 33.2. The SMILES string of the molecule is COc1ccc(/C=C(\NC(=O)c2ccccc2)C(=O)Nc2ccc(SC(C)C(=O)Nc3cc(C(=O)O)ccc3Cl)cc2)cc1OC. The van der Waals surface area contributed by atoms with E-state index in [0.29, 0.717) is 28.3 Å². The molecule has 46 heavy (non-hydrogen) atoms. The molecule has 1 unspecified atom stereocenters. The molecule has 4 aromatic carbocycles. The molecule has 0 bridgehead atoms. The van der Waals surface area contributed by atoms with Gasteiger partial charge in [0.05, 0.1) is 35.7 Å². The smallest absolute Gasteiger partial charge is 0.335 e. The van der Waals surface area contributed by atoms with E-state index in [1.54, 1.807) is 79.7 Å². The van der Waals surface area contributed by atoms with Gasteiger partial charge >= 0.3 is 5.97 Å². The number of carbonyl (C=O) groups excluding carboxylic acids is 3. The second-order valence-corrected chi connectivity index (χ2v) is 11.5. The zero-order valence-corrected chi connectivity index (χ0v) is 26.6. The first-order chi connectivity index (χ1) is 22.1. The lowest BCUT2D eigenvalue weighted by Gasteiger charge is -2.14. The van der Waals surface area contributed by atoms with Crippen LogP contribution in [0.25, 0.3) is 6.08 Å². The Kier molecular flexibility index (Phi) is 11.4. The number of amides is 3. The van der Waals surface area contributed by atoms with Gasteiger partial charge in [-0.15, -0.1) is 11.8 Å². The summed E-state index contributed by atoms with van der Waals surface area (Å²) in [7, 11) is 3.02. The zero-order valence-electron chi connectivity index (χ0n) is 25.0. The molecule has 0 fully saturated rings. The van der Waals surface area contributed by atoms with Crippen molar-refractivity contribution in [2.45, 2.75) is 17.1 Å². The minimum absolute atomic E-state index is 0.000924. The van der Waals surface area contributed by atoms with Crippen LogP contribution < -0.4 is 25.4 Å². The summed E-state index contributed by atoms with van der Waals surface area (Å²) in [4.78, 5) is 51.2. The lowest BCUT2D eigenvalue weighted by molar-refractivity contribution is -0.115. The third-order valence-electron chi connectivity index (χ3n) is 6.51. The van der Waals surface area contributed by atoms with Crippen molar-refractivity contribution in [3.63, 3.8) is 0 Å². The first-order valence-electron chi connectivity index (χ1n) is 13.8. The van der Waals surface area contributed by atoms with E-state index in [1.807, 2.05) is 0 Å². The van der Waals surface area contributed by atoms with Gasteiger partial charge in [0, 0.05) is 16.1 Å². The maximum atomic E-state index is 13.4. The fourth-order valence-electron chi connectivity index (χ4n) is 4.11. The first kappa shape index (κ1) is 33.6. The van der Waals surface area contributed by atoms with Gasteiger partial charge < -0.3 is 30.5 Å². The molecular weight excluding hydrogens is 630 g/mol. The van der Waals surface area contributed by atoms with Crippen LogP contribution in [-0.4, -0.2) is 48.3 Å². The van der Waals surface area contributed by atoms with Gasteiger partial charge in [-0.3, -0.25) is 14.4 Å². The normalized spacial score (nSPS) is 11.6. The molecule has 4 N–H and O–H groups in total. The number of halogens is 1. The van der Waals surface area contributed by atoms with Crippen molar-refractivity contribution in [2.75, 3.05) is 24.9 Å². The summed E-state index contributed by atoms with van der Waals surface area (Å²) in [6.45, 7) is 1.70. The molecule has 0 aliphatic rings. The molecule has 0 heterocycles. The third kappa shape index (κ3) is 8.90. The molecule has 4 aromatic rings. The van der Waals surface area contributed by atoms with Gasteiger partial charge in [-0.05, 0) is 85.3 Å². The predicted molar refractivity (Wildman–Crippen MR) is 179 cm³/mol. The number of carbonyl (C=O) groups is 4. The van der Waals surface area contributed by atoms with Crippen LogP contribution in [0.2, 0.25) is 5.02 Å². The molecule has 0 aromatic heterocycles. The number of carboxylic acid groups (broad SMARTS) is 1. The largest absolute Gasteiger partial charge is 0.493 e. The van der Waals surface area contributed by atoms with Crippen LogP contribution in [0.5, 0.6) is 11.5 Å². The van der Waals surface area contributed by atoms with E-state index >= 15 is 0 Å². The van der Waals surface area contributed by atoms with Crippen LogP contribution in [0.4, 0.5) is 11.4 Å². The number of rotatable bonds is 12. The highest BCUT2D eigenvalue weighted by atomic mass is 35.5. The molecule has 1 atom stereocenters. The van der Waals surface area contributed by atoms with Crippen molar-refractivity contribution < 1.29 is 33.8 Å². The standard InChI is InChI=1S/C34H30ClN3O7S/c1-20(31(39)37-27-19-23(34(42)43)10-15-26(27)35)46-25-13-11-24(12-14-25)36-33(41)28(38-32(40)22-7-5-4-6-8-22)17-21-9-16-29(44-2)30(18-21)45-3/h4-20H,1-3H3,(H,36,41)(H,37,39)(H,38,40)(H,42,43)/b28-17-. The van der Waals surface area contributed by atoms with Crippen LogP contribution in [0.15, 0.2) is 102 Å². The second kappa shape index (κ2) is 15.6. The minimum atomic E-state index is -1.14. The van der Waals surface area contributed by atoms with Crippen molar-refractivity contribution in [1.82, 2.24) is 5.32 Å². The summed E-state index contributed by atoms with van der Waals surface area (Å²) in [5.41, 5.74) is 1.62. The Balaban J connectivity index is 1.47. The summed E-state index contributed by atoms with van der Waals surface area (Å²) >= 11 is 7.40. The molecule has 0 aliphatic heterocycles. The number of hydrogen-bond acceptors (Lipinski definition) is 7. The molecule has 0 radical (unpaired) electrons. The Morgan fingerprint density at radius 3 is 2.17 bits per heavy atom. The van der Waals surface area contributed by atoms with Crippen molar-refractivity contribution in [1.29, 1.82) is 0 Å². The molecule has 4 rings (SSSR count). The van der Waals surface area contributed by atoms with Crippen LogP contribution in [0.3, 0.4) is 0 Å². The van der Waals surface area contributed by atoms with Crippen molar-refractivity contribution in [3.8, 4) is 11.5 Å². The van der Waals surface area contributed by atoms with Crippen molar-refractivity contribution >= 4 is 64.5 Å². The Hall–Kier alpha value is -5.26. The highest BCUT2D eigenvalue weighted by Gasteiger charge is 2.19. The molecule has 0 aliphatic carbocycles. The summed E-state index contributed by atoms with van der Waals surface area (Å²) < 4.78 is 10.7. The highest BCUT2D eigenvalue weighted by Crippen LogP contribution is 2.30. The molecule has 236 valence electrons. The van der Waals surface area contributed by atoms with Gasteiger partial charge in [0.1, 0.15) is 5.70 Å². The van der Waals surface area contributed by atoms with Gasteiger partial charge in [0.2, 0.25) is 5.91 Å². The van der Waals surface area contributed by atoms with Gasteiger partial charge in [-0.25, -0.2) is 4.79 Å². The number of methoxy groups -OCH3 is 2. The summed E-state index contributed by atoms with van der Waals surface area (Å²) in [6.07, 6.45) is 1.53. The number of thioether (sulfide) groups is 1. The number of anilines is 2. The fraction of sp³-hybridized carbons (Fsp3) is 0.118. The summed E-state index contributed by atoms with van der Waals surface area (Å²) in [5, 5.41) is 17.0. The Morgan fingerprint density at radius 2 is 1.52 bits per heavy atom. The maximum Gasteiger partial charge on any atom is 0.335 e. The molecule has 10 nitrogen and oxygen atoms in total. The van der Waals surface area contributed by atoms with Crippen LogP contribution in [0, 0.1) is 0 Å². The van der Waals surface area contributed by atoms with E-state index in [9.17, 15) is 24.3 Å². The van der Waals surface area contributed by atoms with E-state index in [2.05, 4.69) is 16.0 Å². The average molecular weight is 660 g/mol. The Morgan fingerprint density at radius 1 is 0.826 bits per heavy atom. The summed E-state index contributed by atoms with van der Waals surface area (Å²) in [6, 6.07) is 24.5. The molecule has 3 amide bonds. The number of hydrogen-bond donors (Lipinski definition) is 4. The topological polar surface area (TPSA) is 143 Å². The van der Waals surface area contributed by atoms with E-state index < -0.39 is 23.0 Å². The first-order valence-corrected chi connectivity index (χ1v) is 15.1. The van der Waals surface area contributed by atoms with Gasteiger partial charge in [-0.2, -0.15) is 0 Å². The quantitative estimate of drug-likeness (QED) is 0.0986. The van der Waals surface area contributed by atoms with Crippen molar-refractivity contribution in [3.05, 3.63) is 118 Å². The fourth-order valence-corrected chi connectivity index (χ4v) is 5.15. The highest BCUT2D eigenvalue weighted by molar-refractivity contribution is 8.00. The summed E-state index contributed by atoms with van der Waals surface area (Å²) in [5.74, 6) is -1.56. The van der Waals surface area contributed by atoms with E-state index in [-0.39, 0.29) is 27.9 Å². The van der Waals surface area contributed by atoms with E-state index in [4.69, 9.17) is 21.1 Å². The van der Waals surface area contributed by atoms with Crippen LogP contribution in [-0.2, 0) is 9.59 Å². The Labute approximate surface area is 274 Å². The molecule has 0 saturated heterocycles. The lowest BCUT2D eigenvalue weighted by Crippen LogP contribution is -2.30. The molecule has 12 heteroatoms. The lowest BCUT2D eigenvalue weighted by atomic mass is 10.1. The number of aromatic carboxylic acids is 1. The minimum Gasteiger partial charge on any atom is -0.493 e. The maximum absolute atomic E-state index is 13.4. The van der Waals surface area contributed by atoms with E-state index in [0.717, 1.165) is 4.90 Å². The predicted octanol–water partition coefficient (Wildman–Crippen LogP) is 6.58. The number of benzene rings is 4. The monoisotopic (exact) mass is 659 g/mol. The van der Waals surface area contributed by atoms with Gasteiger partial charge in [-0.1, -0.05) is 35.9 Å². The molecular formula is C34H30ClN3O7S. The van der Waals surface area contributed by atoms with Crippen LogP contribution >= 0.6 is 23.4 Å². The average Bonchev–Trinajstić information content (AvgIpc) is 3.06. The van der Waals surface area contributed by atoms with E-state index in [1.165, 1.54) is 50.3 Å². The molecule has 0 spiro atoms. The van der Waals surface area contributed by atoms with Crippen molar-refractivity contribution in [2.24, 2.45) is 0 Å². The number of ether oxygens (including phenoxy) is 2. The number of nitrogens with one attached hydrogen (secondary N) is 3. The third-order valence-corrected chi connectivity index (χ3v) is 7.95. The number of carboxylic acids is 1. The van der Waals surface area contributed by atoms with Gasteiger partial charge in [0.25, 0.3) is 11.8 Å². The van der Waals surface area contributed by atoms with Crippen LogP contribution in [0.1, 0.15) is 33.2 Å².